The van der Waals surface area contributed by atoms with Gasteiger partial charge in [0.05, 0.1) is 10.6 Å². The number of hydrogen-bond donors (Lipinski definition) is 1. The second-order valence-corrected chi connectivity index (χ2v) is 10.8. The van der Waals surface area contributed by atoms with E-state index in [2.05, 4.69) is 28.0 Å². The molecule has 8 heteroatoms. The second-order valence-electron chi connectivity index (χ2n) is 7.88. The molecule has 1 N–H and O–H groups in total. The average Bonchev–Trinajstić information content (AvgIpc) is 3.04. The number of sulfonamides is 1. The maximum atomic E-state index is 12.4. The van der Waals surface area contributed by atoms with Crippen molar-refractivity contribution in [2.24, 2.45) is 10.6 Å². The molecule has 0 spiro atoms. The van der Waals surface area contributed by atoms with Gasteiger partial charge in [-0.3, -0.25) is 4.28 Å². The SMILES string of the molecule is CNS(=O)(=O)C1=C(/C=C/C(C)=C/C=C/C(C)=C/C2=NO[S@@](=O)C2)C(C)(C)CCC1. The normalized spacial score (nSPS) is 23.8. The molecule has 1 aliphatic heterocycles. The van der Waals surface area contributed by atoms with Gasteiger partial charge in [0.15, 0.2) is 0 Å². The number of oxime groups is 1. The molecule has 0 unspecified atom stereocenters. The van der Waals surface area contributed by atoms with E-state index in [1.54, 1.807) is 0 Å². The van der Waals surface area contributed by atoms with Gasteiger partial charge in [-0.1, -0.05) is 55.0 Å². The van der Waals surface area contributed by atoms with Crippen LogP contribution in [-0.4, -0.2) is 31.1 Å². The zero-order chi connectivity index (χ0) is 21.7. The summed E-state index contributed by atoms with van der Waals surface area (Å²) in [4.78, 5) is 0.492. The molecule has 0 bridgehead atoms. The Bertz CT molecular complexity index is 949. The molecule has 160 valence electrons. The minimum atomic E-state index is -3.44. The van der Waals surface area contributed by atoms with Crippen LogP contribution in [0.1, 0.15) is 47.0 Å². The minimum absolute atomic E-state index is 0.187. The topological polar surface area (TPSA) is 84.8 Å². The minimum Gasteiger partial charge on any atom is -0.292 e. The van der Waals surface area contributed by atoms with Crippen molar-refractivity contribution in [2.45, 2.75) is 47.0 Å². The fourth-order valence-electron chi connectivity index (χ4n) is 3.32. The smallest absolute Gasteiger partial charge is 0.238 e. The number of nitrogens with zero attached hydrogens (tertiary/aromatic N) is 1. The Balaban J connectivity index is 2.17. The van der Waals surface area contributed by atoms with E-state index in [0.29, 0.717) is 22.8 Å². The van der Waals surface area contributed by atoms with Gasteiger partial charge >= 0.3 is 0 Å². The van der Waals surface area contributed by atoms with Crippen LogP contribution in [0.15, 0.2) is 63.2 Å². The van der Waals surface area contributed by atoms with Gasteiger partial charge in [-0.25, -0.2) is 17.3 Å². The Labute approximate surface area is 176 Å². The summed E-state index contributed by atoms with van der Waals surface area (Å²) >= 11 is -1.35. The first kappa shape index (κ1) is 23.5. The van der Waals surface area contributed by atoms with E-state index in [4.69, 9.17) is 0 Å². The fraction of sp³-hybridized carbons (Fsp3) is 0.476. The average molecular weight is 439 g/mol. The first-order chi connectivity index (χ1) is 13.5. The Morgan fingerprint density at radius 1 is 1.24 bits per heavy atom. The molecule has 29 heavy (non-hydrogen) atoms. The Morgan fingerprint density at radius 2 is 1.97 bits per heavy atom. The van der Waals surface area contributed by atoms with E-state index in [9.17, 15) is 12.6 Å². The zero-order valence-electron chi connectivity index (χ0n) is 17.7. The van der Waals surface area contributed by atoms with Crippen LogP contribution in [0.3, 0.4) is 0 Å². The molecule has 6 nitrogen and oxygen atoms in total. The lowest BCUT2D eigenvalue weighted by Crippen LogP contribution is -2.28. The van der Waals surface area contributed by atoms with Crippen molar-refractivity contribution in [1.29, 1.82) is 0 Å². The van der Waals surface area contributed by atoms with E-state index >= 15 is 0 Å². The molecule has 0 saturated carbocycles. The predicted molar refractivity (Wildman–Crippen MR) is 120 cm³/mol. The Hall–Kier alpha value is -1.77. The monoisotopic (exact) mass is 438 g/mol. The maximum absolute atomic E-state index is 12.4. The molecule has 1 heterocycles. The highest BCUT2D eigenvalue weighted by atomic mass is 32.2. The summed E-state index contributed by atoms with van der Waals surface area (Å²) in [7, 11) is -1.98. The van der Waals surface area contributed by atoms with Crippen molar-refractivity contribution in [3.05, 3.63) is 58.1 Å². The number of rotatable bonds is 7. The zero-order valence-corrected chi connectivity index (χ0v) is 19.3. The van der Waals surface area contributed by atoms with Crippen molar-refractivity contribution in [3.8, 4) is 0 Å². The van der Waals surface area contributed by atoms with Crippen LogP contribution in [-0.2, 0) is 25.4 Å². The molecule has 0 aromatic rings. The first-order valence-electron chi connectivity index (χ1n) is 9.56. The van der Waals surface area contributed by atoms with E-state index in [-0.39, 0.29) is 5.41 Å². The van der Waals surface area contributed by atoms with Crippen LogP contribution in [0.5, 0.6) is 0 Å². The highest BCUT2D eigenvalue weighted by Gasteiger charge is 2.33. The molecule has 0 saturated heterocycles. The van der Waals surface area contributed by atoms with E-state index in [1.165, 1.54) is 7.05 Å². The first-order valence-corrected chi connectivity index (χ1v) is 12.3. The molecular formula is C21H30N2O4S2. The second kappa shape index (κ2) is 9.82. The quantitative estimate of drug-likeness (QED) is 0.608. The molecule has 0 aromatic heterocycles. The van der Waals surface area contributed by atoms with Gasteiger partial charge in [0.1, 0.15) is 5.75 Å². The van der Waals surface area contributed by atoms with Crippen LogP contribution >= 0.6 is 0 Å². The summed E-state index contributed by atoms with van der Waals surface area (Å²) in [6.07, 6.45) is 13.9. The summed E-state index contributed by atoms with van der Waals surface area (Å²) in [6, 6.07) is 0. The highest BCUT2D eigenvalue weighted by molar-refractivity contribution is 7.93. The van der Waals surface area contributed by atoms with Crippen LogP contribution < -0.4 is 4.72 Å². The third-order valence-electron chi connectivity index (χ3n) is 4.96. The molecule has 1 aliphatic carbocycles. The van der Waals surface area contributed by atoms with Gasteiger partial charge in [-0.05, 0) is 62.8 Å². The number of hydrogen-bond acceptors (Lipinski definition) is 5. The third-order valence-corrected chi connectivity index (χ3v) is 7.34. The van der Waals surface area contributed by atoms with Crippen molar-refractivity contribution in [1.82, 2.24) is 4.72 Å². The number of nitrogens with one attached hydrogen (secondary N) is 1. The molecule has 2 rings (SSSR count). The highest BCUT2D eigenvalue weighted by Crippen LogP contribution is 2.42. The molecule has 0 amide bonds. The lowest BCUT2D eigenvalue weighted by Gasteiger charge is -2.33. The maximum Gasteiger partial charge on any atom is 0.238 e. The van der Waals surface area contributed by atoms with Crippen LogP contribution in [0.2, 0.25) is 0 Å². The van der Waals surface area contributed by atoms with Gasteiger partial charge in [-0.2, -0.15) is 0 Å². The van der Waals surface area contributed by atoms with Crippen molar-refractivity contribution < 1.29 is 16.9 Å². The van der Waals surface area contributed by atoms with Gasteiger partial charge < -0.3 is 0 Å². The van der Waals surface area contributed by atoms with E-state index in [0.717, 1.165) is 29.6 Å². The van der Waals surface area contributed by atoms with Crippen LogP contribution in [0, 0.1) is 5.41 Å². The fourth-order valence-corrected chi connectivity index (χ4v) is 5.22. The molecule has 1 atom stereocenters. The number of allylic oxidation sites excluding steroid dienone is 10. The summed E-state index contributed by atoms with van der Waals surface area (Å²) in [5.41, 5.74) is 3.33. The summed E-state index contributed by atoms with van der Waals surface area (Å²) in [6.45, 7) is 8.09. The van der Waals surface area contributed by atoms with E-state index < -0.39 is 21.1 Å². The lowest BCUT2D eigenvalue weighted by atomic mass is 9.75. The third kappa shape index (κ3) is 6.62. The predicted octanol–water partition coefficient (Wildman–Crippen LogP) is 4.05. The Kier molecular flexibility index (Phi) is 7.96. The van der Waals surface area contributed by atoms with Gasteiger partial charge in [0.2, 0.25) is 21.1 Å². The van der Waals surface area contributed by atoms with Crippen LogP contribution in [0.4, 0.5) is 0 Å². The molecule has 0 aromatic carbocycles. The summed E-state index contributed by atoms with van der Waals surface area (Å²) in [5, 5.41) is 3.75. The van der Waals surface area contributed by atoms with Gasteiger partial charge in [0.25, 0.3) is 0 Å². The van der Waals surface area contributed by atoms with Crippen LogP contribution in [0.25, 0.3) is 0 Å². The molecule has 0 fully saturated rings. The molecular weight excluding hydrogens is 408 g/mol. The lowest BCUT2D eigenvalue weighted by molar-refractivity contribution is 0.381. The standard InChI is InChI=1S/C21H30N2O4S2/c1-16(8-6-9-17(2)14-18-15-28(24)27-23-18)11-12-19-20(29(25,26)22-5)10-7-13-21(19,3)4/h6,8-9,11-12,14,22H,7,10,13,15H2,1-5H3/b9-6+,12-11+,16-8+,17-14+/t28-/m1/s1. The van der Waals surface area contributed by atoms with Gasteiger partial charge in [0, 0.05) is 0 Å². The largest absolute Gasteiger partial charge is 0.292 e. The van der Waals surface area contributed by atoms with Crippen molar-refractivity contribution >= 4 is 26.8 Å². The summed E-state index contributed by atoms with van der Waals surface area (Å²) < 4.78 is 43.2. The van der Waals surface area contributed by atoms with E-state index in [1.807, 2.05) is 50.3 Å². The summed E-state index contributed by atoms with van der Waals surface area (Å²) in [5.74, 6) is 0.311. The van der Waals surface area contributed by atoms with Crippen molar-refractivity contribution in [2.75, 3.05) is 12.8 Å². The molecule has 0 radical (unpaired) electrons. The van der Waals surface area contributed by atoms with Gasteiger partial charge in [-0.15, -0.1) is 0 Å². The molecule has 2 aliphatic rings. The Morgan fingerprint density at radius 3 is 2.59 bits per heavy atom. The van der Waals surface area contributed by atoms with Crippen molar-refractivity contribution in [3.63, 3.8) is 0 Å².